The number of methoxy groups -OCH3 is 1. The second-order valence-corrected chi connectivity index (χ2v) is 4.50. The fourth-order valence-electron chi connectivity index (χ4n) is 2.17. The summed E-state index contributed by atoms with van der Waals surface area (Å²) in [6.07, 6.45) is 5.87. The zero-order valence-electron chi connectivity index (χ0n) is 10.1. The van der Waals surface area contributed by atoms with Gasteiger partial charge in [-0.2, -0.15) is 0 Å². The van der Waals surface area contributed by atoms with Crippen LogP contribution < -0.4 is 10.5 Å². The van der Waals surface area contributed by atoms with Gasteiger partial charge in [0.2, 0.25) is 0 Å². The zero-order valence-corrected chi connectivity index (χ0v) is 10.1. The minimum absolute atomic E-state index is 0.280. The van der Waals surface area contributed by atoms with E-state index in [0.29, 0.717) is 17.4 Å². The van der Waals surface area contributed by atoms with Crippen molar-refractivity contribution in [1.29, 1.82) is 0 Å². The van der Waals surface area contributed by atoms with E-state index in [0.717, 1.165) is 25.7 Å². The van der Waals surface area contributed by atoms with Crippen molar-refractivity contribution in [1.82, 2.24) is 0 Å². The Bertz CT molecular complexity index is 418. The van der Waals surface area contributed by atoms with Gasteiger partial charge in [0.15, 0.2) is 11.6 Å². The van der Waals surface area contributed by atoms with Crippen LogP contribution >= 0.6 is 0 Å². The average Bonchev–Trinajstić information content (AvgIpc) is 2.35. The minimum atomic E-state index is -0.280. The molecule has 2 rings (SSSR count). The highest BCUT2D eigenvalue weighted by Crippen LogP contribution is 2.27. The number of benzene rings is 1. The molecule has 2 nitrogen and oxygen atoms in total. The smallest absolute Gasteiger partial charge is 0.172 e. The van der Waals surface area contributed by atoms with Crippen molar-refractivity contribution in [2.75, 3.05) is 7.11 Å². The van der Waals surface area contributed by atoms with E-state index in [1.807, 2.05) is 12.1 Å². The fourth-order valence-corrected chi connectivity index (χ4v) is 2.17. The van der Waals surface area contributed by atoms with E-state index in [1.54, 1.807) is 12.1 Å². The Labute approximate surface area is 101 Å². The molecule has 92 valence electrons. The van der Waals surface area contributed by atoms with Crippen molar-refractivity contribution in [3.05, 3.63) is 35.2 Å². The average molecular weight is 235 g/mol. The summed E-state index contributed by atoms with van der Waals surface area (Å²) in [6.45, 7) is 0. The molecular weight excluding hydrogens is 217 g/mol. The van der Waals surface area contributed by atoms with Gasteiger partial charge in [-0.15, -0.1) is 0 Å². The van der Waals surface area contributed by atoms with Crippen molar-refractivity contribution in [3.63, 3.8) is 0 Å². The molecule has 3 heteroatoms. The first-order chi connectivity index (χ1) is 8.20. The first-order valence-electron chi connectivity index (χ1n) is 5.98. The highest BCUT2D eigenvalue weighted by atomic mass is 19.1. The van der Waals surface area contributed by atoms with Gasteiger partial charge in [-0.3, -0.25) is 0 Å². The summed E-state index contributed by atoms with van der Waals surface area (Å²) in [4.78, 5) is 0. The van der Waals surface area contributed by atoms with Crippen LogP contribution in [0.2, 0.25) is 0 Å². The Balaban J connectivity index is 2.20. The SMILES string of the molecule is COc1cccc(C=C2CCC(N)CC2)c1F. The van der Waals surface area contributed by atoms with E-state index in [1.165, 1.54) is 12.7 Å². The number of allylic oxidation sites excluding steroid dienone is 1. The van der Waals surface area contributed by atoms with Crippen molar-refractivity contribution >= 4 is 6.08 Å². The summed E-state index contributed by atoms with van der Waals surface area (Å²) in [5, 5.41) is 0. The topological polar surface area (TPSA) is 35.2 Å². The first kappa shape index (κ1) is 12.1. The molecule has 1 aromatic carbocycles. The van der Waals surface area contributed by atoms with Crippen LogP contribution in [0, 0.1) is 5.82 Å². The highest BCUT2D eigenvalue weighted by Gasteiger charge is 2.13. The predicted octanol–water partition coefficient (Wildman–Crippen LogP) is 3.12. The van der Waals surface area contributed by atoms with E-state index >= 15 is 0 Å². The Hall–Kier alpha value is -1.35. The van der Waals surface area contributed by atoms with Crippen molar-refractivity contribution in [2.45, 2.75) is 31.7 Å². The summed E-state index contributed by atoms with van der Waals surface area (Å²) in [5.41, 5.74) is 7.73. The Morgan fingerprint density at radius 2 is 2.06 bits per heavy atom. The molecule has 0 spiro atoms. The molecule has 1 saturated carbocycles. The van der Waals surface area contributed by atoms with Crippen LogP contribution in [-0.4, -0.2) is 13.2 Å². The van der Waals surface area contributed by atoms with Crippen molar-refractivity contribution < 1.29 is 9.13 Å². The molecule has 0 unspecified atom stereocenters. The van der Waals surface area contributed by atoms with Gasteiger partial charge >= 0.3 is 0 Å². The van der Waals surface area contributed by atoms with Crippen LogP contribution in [0.5, 0.6) is 5.75 Å². The Morgan fingerprint density at radius 3 is 2.71 bits per heavy atom. The zero-order chi connectivity index (χ0) is 12.3. The maximum atomic E-state index is 13.9. The molecule has 0 bridgehead atoms. The normalized spacial score (nSPS) is 20.2. The molecule has 0 aromatic heterocycles. The maximum Gasteiger partial charge on any atom is 0.172 e. The Kier molecular flexibility index (Phi) is 3.79. The van der Waals surface area contributed by atoms with Crippen LogP contribution in [0.4, 0.5) is 4.39 Å². The fraction of sp³-hybridized carbons (Fsp3) is 0.429. The summed E-state index contributed by atoms with van der Waals surface area (Å²) in [5.74, 6) is 0.0178. The third-order valence-electron chi connectivity index (χ3n) is 3.25. The van der Waals surface area contributed by atoms with Crippen molar-refractivity contribution in [2.24, 2.45) is 5.73 Å². The van der Waals surface area contributed by atoms with Gasteiger partial charge in [0.25, 0.3) is 0 Å². The molecule has 17 heavy (non-hydrogen) atoms. The largest absolute Gasteiger partial charge is 0.494 e. The molecule has 1 aliphatic carbocycles. The molecule has 1 aliphatic rings. The van der Waals surface area contributed by atoms with Gasteiger partial charge < -0.3 is 10.5 Å². The number of nitrogens with two attached hydrogens (primary N) is 1. The van der Waals surface area contributed by atoms with E-state index in [-0.39, 0.29) is 5.82 Å². The minimum Gasteiger partial charge on any atom is -0.494 e. The standard InChI is InChI=1S/C14H18FNO/c1-17-13-4-2-3-11(14(13)15)9-10-5-7-12(16)8-6-10/h2-4,9,12H,5-8,16H2,1H3. The first-order valence-corrected chi connectivity index (χ1v) is 5.98. The highest BCUT2D eigenvalue weighted by molar-refractivity contribution is 5.56. The third kappa shape index (κ3) is 2.86. The van der Waals surface area contributed by atoms with E-state index in [4.69, 9.17) is 10.5 Å². The van der Waals surface area contributed by atoms with Gasteiger partial charge in [0.05, 0.1) is 7.11 Å². The maximum absolute atomic E-state index is 13.9. The molecule has 0 atom stereocenters. The second kappa shape index (κ2) is 5.32. The summed E-state index contributed by atoms with van der Waals surface area (Å²) >= 11 is 0. The quantitative estimate of drug-likeness (QED) is 0.854. The Morgan fingerprint density at radius 1 is 1.35 bits per heavy atom. The van der Waals surface area contributed by atoms with E-state index in [2.05, 4.69) is 0 Å². The molecule has 0 saturated heterocycles. The lowest BCUT2D eigenvalue weighted by atomic mass is 9.90. The predicted molar refractivity (Wildman–Crippen MR) is 67.4 cm³/mol. The molecule has 2 N–H and O–H groups in total. The van der Waals surface area contributed by atoms with Gasteiger partial charge in [0.1, 0.15) is 0 Å². The lowest BCUT2D eigenvalue weighted by Gasteiger charge is -2.20. The number of hydrogen-bond acceptors (Lipinski definition) is 2. The van der Waals surface area contributed by atoms with Crippen LogP contribution in [0.1, 0.15) is 31.2 Å². The number of halogens is 1. The summed E-state index contributed by atoms with van der Waals surface area (Å²) < 4.78 is 18.9. The van der Waals surface area contributed by atoms with Gasteiger partial charge in [-0.05, 0) is 31.7 Å². The van der Waals surface area contributed by atoms with E-state index in [9.17, 15) is 4.39 Å². The monoisotopic (exact) mass is 235 g/mol. The van der Waals surface area contributed by atoms with Crippen LogP contribution in [0.3, 0.4) is 0 Å². The summed E-state index contributed by atoms with van der Waals surface area (Å²) in [6, 6.07) is 5.53. The van der Waals surface area contributed by atoms with Crippen LogP contribution in [0.25, 0.3) is 6.08 Å². The molecule has 1 fully saturated rings. The summed E-state index contributed by atoms with van der Waals surface area (Å²) in [7, 11) is 1.48. The van der Waals surface area contributed by atoms with Gasteiger partial charge in [-0.1, -0.05) is 23.8 Å². The van der Waals surface area contributed by atoms with Crippen molar-refractivity contribution in [3.8, 4) is 5.75 Å². The van der Waals surface area contributed by atoms with Gasteiger partial charge in [-0.25, -0.2) is 4.39 Å². The molecule has 0 radical (unpaired) electrons. The molecular formula is C14H18FNO. The van der Waals surface area contributed by atoms with Gasteiger partial charge in [0, 0.05) is 11.6 Å². The molecule has 0 heterocycles. The molecule has 0 aliphatic heterocycles. The molecule has 1 aromatic rings. The van der Waals surface area contributed by atoms with Crippen LogP contribution in [0.15, 0.2) is 23.8 Å². The number of hydrogen-bond donors (Lipinski definition) is 1. The molecule has 0 amide bonds. The third-order valence-corrected chi connectivity index (χ3v) is 3.25. The number of rotatable bonds is 2. The number of ether oxygens (including phenoxy) is 1. The lowest BCUT2D eigenvalue weighted by molar-refractivity contribution is 0.386. The van der Waals surface area contributed by atoms with E-state index < -0.39 is 0 Å². The lowest BCUT2D eigenvalue weighted by Crippen LogP contribution is -2.23. The second-order valence-electron chi connectivity index (χ2n) is 4.50. The van der Waals surface area contributed by atoms with Crippen LogP contribution in [-0.2, 0) is 0 Å².